The Kier molecular flexibility index (Phi) is 8.05. The third-order valence-corrected chi connectivity index (χ3v) is 5.83. The lowest BCUT2D eigenvalue weighted by molar-refractivity contribution is -0.140. The Labute approximate surface area is 201 Å². The summed E-state index contributed by atoms with van der Waals surface area (Å²) in [5.41, 5.74) is 1.38. The quantitative estimate of drug-likeness (QED) is 0.183. The molecule has 2 aromatic carbocycles. The molecule has 1 saturated heterocycles. The smallest absolute Gasteiger partial charge is 0.337 e. The van der Waals surface area contributed by atoms with Crippen molar-refractivity contribution in [1.82, 2.24) is 4.90 Å². The number of carbonyl (C=O) groups excluding carboxylic acids is 3. The Balaban J connectivity index is 2.03. The number of hydrogen-bond acceptors (Lipinski definition) is 6. The summed E-state index contributed by atoms with van der Waals surface area (Å²) >= 11 is 3.35. The second-order valence-corrected chi connectivity index (χ2v) is 8.80. The monoisotopic (exact) mass is 515 g/mol. The van der Waals surface area contributed by atoms with E-state index in [1.807, 2.05) is 13.8 Å². The number of amides is 1. The van der Waals surface area contributed by atoms with Crippen LogP contribution in [0.5, 0.6) is 0 Å². The minimum Gasteiger partial charge on any atom is -0.507 e. The molecule has 0 unspecified atom stereocenters. The summed E-state index contributed by atoms with van der Waals surface area (Å²) in [5.74, 6) is -2.16. The number of nitrogens with zero attached hydrogens (tertiary/aromatic N) is 1. The van der Waals surface area contributed by atoms with Crippen molar-refractivity contribution in [2.24, 2.45) is 0 Å². The highest BCUT2D eigenvalue weighted by Crippen LogP contribution is 2.39. The molecule has 0 saturated carbocycles. The van der Waals surface area contributed by atoms with Crippen LogP contribution in [0.15, 0.2) is 58.6 Å². The van der Waals surface area contributed by atoms with Gasteiger partial charge in [0.05, 0.1) is 30.4 Å². The average Bonchev–Trinajstić information content (AvgIpc) is 3.06. The lowest BCUT2D eigenvalue weighted by atomic mass is 9.94. The molecule has 3 rings (SSSR count). The van der Waals surface area contributed by atoms with E-state index in [1.54, 1.807) is 48.5 Å². The molecule has 1 N–H and O–H groups in total. The third-order valence-electron chi connectivity index (χ3n) is 5.30. The molecule has 0 spiro atoms. The number of esters is 1. The number of halogens is 1. The van der Waals surface area contributed by atoms with Crippen LogP contribution in [0, 0.1) is 0 Å². The highest BCUT2D eigenvalue weighted by molar-refractivity contribution is 9.10. The summed E-state index contributed by atoms with van der Waals surface area (Å²) in [5, 5.41) is 11.0. The highest BCUT2D eigenvalue weighted by atomic mass is 79.9. The predicted molar refractivity (Wildman–Crippen MR) is 127 cm³/mol. The van der Waals surface area contributed by atoms with Gasteiger partial charge in [-0.25, -0.2) is 4.79 Å². The van der Waals surface area contributed by atoms with E-state index in [0.29, 0.717) is 29.7 Å². The molecule has 1 heterocycles. The number of hydrogen-bond donors (Lipinski definition) is 1. The molecule has 2 aromatic rings. The molecule has 1 aliphatic rings. The van der Waals surface area contributed by atoms with Crippen LogP contribution >= 0.6 is 15.9 Å². The fourth-order valence-corrected chi connectivity index (χ4v) is 3.96. The van der Waals surface area contributed by atoms with E-state index < -0.39 is 23.7 Å². The number of Topliss-reactive ketones (excluding diaryl/α,β-unsaturated/α-hetero) is 1. The van der Waals surface area contributed by atoms with Gasteiger partial charge in [0.2, 0.25) is 0 Å². The van der Waals surface area contributed by atoms with E-state index in [9.17, 15) is 19.5 Å². The van der Waals surface area contributed by atoms with Crippen LogP contribution in [-0.4, -0.2) is 54.0 Å². The average molecular weight is 516 g/mol. The van der Waals surface area contributed by atoms with Crippen LogP contribution < -0.4 is 0 Å². The molecule has 0 aliphatic carbocycles. The Bertz CT molecular complexity index is 1060. The Hall–Kier alpha value is -2.97. The lowest BCUT2D eigenvalue weighted by Gasteiger charge is -2.25. The van der Waals surface area contributed by atoms with Gasteiger partial charge in [-0.15, -0.1) is 0 Å². The number of aliphatic hydroxyl groups is 1. The standard InChI is InChI=1S/C25H26BrNO6/c1-15(2)33-14-4-13-27-21(16-5-7-18(8-6-16)25(31)32-3)20(23(29)24(27)30)22(28)17-9-11-19(26)12-10-17/h5-12,15,21,28H,4,13-14H2,1-3H3/t21-/m1/s1. The topological polar surface area (TPSA) is 93.1 Å². The summed E-state index contributed by atoms with van der Waals surface area (Å²) in [4.78, 5) is 39.2. The van der Waals surface area contributed by atoms with Gasteiger partial charge in [0.15, 0.2) is 0 Å². The first kappa shape index (κ1) is 24.7. The van der Waals surface area contributed by atoms with E-state index in [2.05, 4.69) is 15.9 Å². The summed E-state index contributed by atoms with van der Waals surface area (Å²) in [7, 11) is 1.29. The minimum absolute atomic E-state index is 0.0120. The van der Waals surface area contributed by atoms with Gasteiger partial charge in [-0.3, -0.25) is 9.59 Å². The molecule has 7 nitrogen and oxygen atoms in total. The Morgan fingerprint density at radius 1 is 1.06 bits per heavy atom. The first-order chi connectivity index (χ1) is 15.7. The summed E-state index contributed by atoms with van der Waals surface area (Å²) in [6.45, 7) is 4.56. The molecule has 1 amide bonds. The molecular formula is C25H26BrNO6. The van der Waals surface area contributed by atoms with Crippen molar-refractivity contribution in [1.29, 1.82) is 0 Å². The molecule has 174 valence electrons. The van der Waals surface area contributed by atoms with Gasteiger partial charge in [0.25, 0.3) is 11.7 Å². The first-order valence-electron chi connectivity index (χ1n) is 10.6. The largest absolute Gasteiger partial charge is 0.507 e. The van der Waals surface area contributed by atoms with E-state index in [0.717, 1.165) is 4.47 Å². The van der Waals surface area contributed by atoms with Crippen molar-refractivity contribution in [2.75, 3.05) is 20.3 Å². The number of benzene rings is 2. The van der Waals surface area contributed by atoms with Crippen LogP contribution in [0.25, 0.3) is 5.76 Å². The minimum atomic E-state index is -0.792. The van der Waals surface area contributed by atoms with Crippen LogP contribution in [0.4, 0.5) is 0 Å². The number of ketones is 1. The van der Waals surface area contributed by atoms with E-state index >= 15 is 0 Å². The van der Waals surface area contributed by atoms with Gasteiger partial charge in [-0.1, -0.05) is 40.2 Å². The Morgan fingerprint density at radius 3 is 2.24 bits per heavy atom. The van der Waals surface area contributed by atoms with Gasteiger partial charge in [0, 0.05) is 23.2 Å². The molecule has 0 radical (unpaired) electrons. The van der Waals surface area contributed by atoms with Gasteiger partial charge >= 0.3 is 5.97 Å². The summed E-state index contributed by atoms with van der Waals surface area (Å²) < 4.78 is 11.1. The zero-order valence-electron chi connectivity index (χ0n) is 18.7. The molecule has 8 heteroatoms. The summed E-state index contributed by atoms with van der Waals surface area (Å²) in [6, 6.07) is 12.5. The molecule has 33 heavy (non-hydrogen) atoms. The van der Waals surface area contributed by atoms with Gasteiger partial charge in [-0.2, -0.15) is 0 Å². The number of ether oxygens (including phenoxy) is 2. The van der Waals surface area contributed by atoms with Crippen molar-refractivity contribution < 1.29 is 29.0 Å². The van der Waals surface area contributed by atoms with Gasteiger partial charge in [0.1, 0.15) is 5.76 Å². The number of methoxy groups -OCH3 is 1. The molecule has 1 atom stereocenters. The van der Waals surface area contributed by atoms with Gasteiger partial charge < -0.3 is 19.5 Å². The predicted octanol–water partition coefficient (Wildman–Crippen LogP) is 4.47. The van der Waals surface area contributed by atoms with Crippen molar-refractivity contribution >= 4 is 39.3 Å². The summed E-state index contributed by atoms with van der Waals surface area (Å²) in [6.07, 6.45) is 0.583. The fourth-order valence-electron chi connectivity index (χ4n) is 3.69. The number of rotatable bonds is 8. The van der Waals surface area contributed by atoms with Crippen LogP contribution in [-0.2, 0) is 19.1 Å². The van der Waals surface area contributed by atoms with Crippen LogP contribution in [0.1, 0.15) is 47.8 Å². The third kappa shape index (κ3) is 5.51. The fraction of sp³-hybridized carbons (Fsp3) is 0.320. The van der Waals surface area contributed by atoms with Crippen molar-refractivity contribution in [3.05, 3.63) is 75.3 Å². The Morgan fingerprint density at radius 2 is 1.67 bits per heavy atom. The normalized spacial score (nSPS) is 17.6. The maximum absolute atomic E-state index is 13.0. The van der Waals surface area contributed by atoms with Crippen molar-refractivity contribution in [2.45, 2.75) is 32.4 Å². The van der Waals surface area contributed by atoms with E-state index in [1.165, 1.54) is 12.0 Å². The SMILES string of the molecule is COC(=O)c1ccc([C@@H]2C(=C(O)c3ccc(Br)cc3)C(=O)C(=O)N2CCCOC(C)C)cc1. The zero-order valence-corrected chi connectivity index (χ0v) is 20.3. The first-order valence-corrected chi connectivity index (χ1v) is 11.4. The van der Waals surface area contributed by atoms with Crippen molar-refractivity contribution in [3.63, 3.8) is 0 Å². The maximum Gasteiger partial charge on any atom is 0.337 e. The second kappa shape index (κ2) is 10.8. The number of likely N-dealkylation sites (tertiary alicyclic amines) is 1. The number of carbonyl (C=O) groups is 3. The lowest BCUT2D eigenvalue weighted by Crippen LogP contribution is -2.31. The van der Waals surface area contributed by atoms with Gasteiger partial charge in [-0.05, 0) is 50.1 Å². The maximum atomic E-state index is 13.0. The molecule has 1 fully saturated rings. The highest BCUT2D eigenvalue weighted by Gasteiger charge is 2.45. The number of aliphatic hydroxyl groups excluding tert-OH is 1. The van der Waals surface area contributed by atoms with E-state index in [4.69, 9.17) is 9.47 Å². The van der Waals surface area contributed by atoms with Crippen LogP contribution in [0.2, 0.25) is 0 Å². The molecule has 0 bridgehead atoms. The second-order valence-electron chi connectivity index (χ2n) is 7.89. The van der Waals surface area contributed by atoms with Crippen molar-refractivity contribution in [3.8, 4) is 0 Å². The zero-order chi connectivity index (χ0) is 24.1. The molecule has 1 aliphatic heterocycles. The molecular weight excluding hydrogens is 490 g/mol. The van der Waals surface area contributed by atoms with E-state index in [-0.39, 0.29) is 24.0 Å². The molecule has 0 aromatic heterocycles. The van der Waals surface area contributed by atoms with Crippen LogP contribution in [0.3, 0.4) is 0 Å².